The summed E-state index contributed by atoms with van der Waals surface area (Å²) < 4.78 is 0. The minimum absolute atomic E-state index is 0.458. The normalized spacial score (nSPS) is 18.6. The largest absolute Gasteiger partial charge is 0.362 e. The van der Waals surface area contributed by atoms with Gasteiger partial charge in [-0.3, -0.25) is 4.90 Å². The van der Waals surface area contributed by atoms with Gasteiger partial charge in [0.1, 0.15) is 0 Å². The number of aliphatic imine (C=N–C) groups is 1. The van der Waals surface area contributed by atoms with Gasteiger partial charge in [0.05, 0.1) is 5.69 Å². The Bertz CT molecular complexity index is 747. The number of amidine groups is 1. The number of nitrogens with zero attached hydrogens (tertiary/aromatic N) is 2. The zero-order chi connectivity index (χ0) is 17.6. The zero-order valence-corrected chi connectivity index (χ0v) is 16.4. The van der Waals surface area contributed by atoms with Crippen molar-refractivity contribution in [3.8, 4) is 0 Å². The Labute approximate surface area is 163 Å². The van der Waals surface area contributed by atoms with Crippen LogP contribution in [0.3, 0.4) is 0 Å². The molecule has 2 aromatic carbocycles. The van der Waals surface area contributed by atoms with Gasteiger partial charge >= 0.3 is 0 Å². The Hall–Kier alpha value is -1.56. The molecule has 3 rings (SSSR count). The minimum atomic E-state index is 0.458. The summed E-state index contributed by atoms with van der Waals surface area (Å²) in [6.45, 7) is 3.87. The molecule has 0 spiro atoms. The Morgan fingerprint density at radius 2 is 1.96 bits per heavy atom. The molecule has 1 aliphatic rings. The first-order valence-electron chi connectivity index (χ1n) is 8.22. The number of rotatable bonds is 4. The third-order valence-electron chi connectivity index (χ3n) is 3.81. The van der Waals surface area contributed by atoms with Gasteiger partial charge in [-0.1, -0.05) is 60.6 Å². The number of hydrogen-bond acceptors (Lipinski definition) is 3. The van der Waals surface area contributed by atoms with E-state index in [9.17, 15) is 0 Å². The van der Waals surface area contributed by atoms with Crippen LogP contribution in [0.15, 0.2) is 59.6 Å². The van der Waals surface area contributed by atoms with E-state index in [2.05, 4.69) is 41.4 Å². The highest BCUT2D eigenvalue weighted by atomic mass is 35.5. The number of thiocarbonyl (C=S) groups is 1. The van der Waals surface area contributed by atoms with Crippen LogP contribution < -0.4 is 5.32 Å². The van der Waals surface area contributed by atoms with Crippen molar-refractivity contribution in [2.75, 3.05) is 13.1 Å². The van der Waals surface area contributed by atoms with E-state index in [4.69, 9.17) is 28.8 Å². The van der Waals surface area contributed by atoms with E-state index in [0.717, 1.165) is 35.5 Å². The molecule has 3 nitrogen and oxygen atoms in total. The molecule has 1 saturated heterocycles. The van der Waals surface area contributed by atoms with Gasteiger partial charge in [-0.2, -0.15) is 0 Å². The quantitative estimate of drug-likeness (QED) is 0.754. The van der Waals surface area contributed by atoms with Crippen LogP contribution in [0.4, 0.5) is 5.69 Å². The molecule has 1 atom stereocenters. The first-order chi connectivity index (χ1) is 12.1. The Morgan fingerprint density at radius 1 is 1.24 bits per heavy atom. The van der Waals surface area contributed by atoms with Gasteiger partial charge in [0.25, 0.3) is 0 Å². The van der Waals surface area contributed by atoms with Crippen LogP contribution >= 0.6 is 35.6 Å². The van der Waals surface area contributed by atoms with Gasteiger partial charge in [0.2, 0.25) is 0 Å². The Kier molecular flexibility index (Phi) is 6.34. The minimum Gasteiger partial charge on any atom is -0.362 e. The van der Waals surface area contributed by atoms with Gasteiger partial charge in [-0.15, -0.1) is 0 Å². The molecule has 1 heterocycles. The molecule has 25 heavy (non-hydrogen) atoms. The molecular formula is C19H20ClN3S2. The van der Waals surface area contributed by atoms with E-state index in [1.54, 1.807) is 11.8 Å². The molecule has 6 heteroatoms. The number of hydrogen-bond donors (Lipinski definition) is 1. The first-order valence-corrected chi connectivity index (χ1v) is 9.88. The molecule has 0 bridgehead atoms. The van der Waals surface area contributed by atoms with Gasteiger partial charge < -0.3 is 5.32 Å². The lowest BCUT2D eigenvalue weighted by Gasteiger charge is -2.20. The van der Waals surface area contributed by atoms with Crippen LogP contribution in [0.2, 0.25) is 5.02 Å². The molecule has 0 saturated carbocycles. The lowest BCUT2D eigenvalue weighted by atomic mass is 10.1. The summed E-state index contributed by atoms with van der Waals surface area (Å²) in [5.74, 6) is 0. The van der Waals surface area contributed by atoms with E-state index in [1.165, 1.54) is 5.56 Å². The molecule has 0 aromatic heterocycles. The molecule has 2 aromatic rings. The second-order valence-corrected chi connectivity index (χ2v) is 8.11. The third kappa shape index (κ3) is 5.21. The van der Waals surface area contributed by atoms with Gasteiger partial charge in [-0.05, 0) is 48.5 Å². The smallest absolute Gasteiger partial charge is 0.175 e. The topological polar surface area (TPSA) is 27.6 Å². The van der Waals surface area contributed by atoms with Gasteiger partial charge in [0, 0.05) is 23.4 Å². The molecule has 0 aliphatic carbocycles. The van der Waals surface area contributed by atoms with Crippen molar-refractivity contribution in [2.45, 2.75) is 18.6 Å². The predicted molar refractivity (Wildman–Crippen MR) is 113 cm³/mol. The summed E-state index contributed by atoms with van der Waals surface area (Å²) in [5.41, 5.74) is 2.19. The van der Waals surface area contributed by atoms with Crippen molar-refractivity contribution in [1.29, 1.82) is 0 Å². The van der Waals surface area contributed by atoms with Crippen LogP contribution in [0.1, 0.15) is 12.5 Å². The average molecular weight is 390 g/mol. The Morgan fingerprint density at radius 3 is 2.68 bits per heavy atom. The van der Waals surface area contributed by atoms with Crippen molar-refractivity contribution in [3.05, 3.63) is 65.2 Å². The fourth-order valence-corrected chi connectivity index (χ4v) is 4.03. The summed E-state index contributed by atoms with van der Waals surface area (Å²) in [6, 6.07) is 18.0. The number of nitrogens with one attached hydrogen (secondary N) is 1. The van der Waals surface area contributed by atoms with E-state index in [0.29, 0.717) is 10.3 Å². The van der Waals surface area contributed by atoms with Crippen molar-refractivity contribution in [3.63, 3.8) is 0 Å². The summed E-state index contributed by atoms with van der Waals surface area (Å²) in [4.78, 5) is 6.83. The van der Waals surface area contributed by atoms with Gasteiger partial charge in [0.15, 0.2) is 10.3 Å². The maximum absolute atomic E-state index is 5.94. The molecule has 0 radical (unpaired) electrons. The second-order valence-electron chi connectivity index (χ2n) is 5.88. The fraction of sp³-hybridized carbons (Fsp3) is 0.263. The maximum Gasteiger partial charge on any atom is 0.175 e. The first kappa shape index (κ1) is 18.2. The maximum atomic E-state index is 5.94. The van der Waals surface area contributed by atoms with Crippen molar-refractivity contribution in [1.82, 2.24) is 10.2 Å². The SMILES string of the molecule is CC1CN(C(=S)NCCc2ccccc2)C(=Nc2ccc(Cl)cc2)S1. The van der Waals surface area contributed by atoms with Crippen molar-refractivity contribution in [2.24, 2.45) is 4.99 Å². The van der Waals surface area contributed by atoms with Crippen molar-refractivity contribution >= 4 is 51.5 Å². The molecule has 1 aliphatic heterocycles. The number of halogens is 1. The lowest BCUT2D eigenvalue weighted by molar-refractivity contribution is 0.613. The highest BCUT2D eigenvalue weighted by Crippen LogP contribution is 2.28. The molecule has 130 valence electrons. The van der Waals surface area contributed by atoms with Crippen LogP contribution in [0, 0.1) is 0 Å². The van der Waals surface area contributed by atoms with Crippen LogP contribution in [-0.4, -0.2) is 33.5 Å². The third-order valence-corrected chi connectivity index (χ3v) is 5.50. The highest BCUT2D eigenvalue weighted by molar-refractivity contribution is 8.14. The number of thioether (sulfide) groups is 1. The zero-order valence-electron chi connectivity index (χ0n) is 14.0. The average Bonchev–Trinajstić information content (AvgIpc) is 2.98. The molecule has 1 N–H and O–H groups in total. The fourth-order valence-electron chi connectivity index (χ4n) is 2.55. The van der Waals surface area contributed by atoms with Crippen molar-refractivity contribution < 1.29 is 0 Å². The van der Waals surface area contributed by atoms with Crippen LogP contribution in [0.25, 0.3) is 0 Å². The molecule has 1 fully saturated rings. The monoisotopic (exact) mass is 389 g/mol. The summed E-state index contributed by atoms with van der Waals surface area (Å²) in [5, 5.41) is 6.21. The number of benzene rings is 2. The molecular weight excluding hydrogens is 370 g/mol. The Balaban J connectivity index is 1.62. The van der Waals surface area contributed by atoms with E-state index >= 15 is 0 Å². The highest BCUT2D eigenvalue weighted by Gasteiger charge is 2.28. The van der Waals surface area contributed by atoms with Crippen LogP contribution in [0.5, 0.6) is 0 Å². The lowest BCUT2D eigenvalue weighted by Crippen LogP contribution is -2.41. The van der Waals surface area contributed by atoms with Gasteiger partial charge in [-0.25, -0.2) is 4.99 Å². The van der Waals surface area contributed by atoms with Crippen LogP contribution in [-0.2, 0) is 6.42 Å². The summed E-state index contributed by atoms with van der Waals surface area (Å²) >= 11 is 13.3. The van der Waals surface area contributed by atoms with E-state index in [-0.39, 0.29) is 0 Å². The van der Waals surface area contributed by atoms with E-state index < -0.39 is 0 Å². The van der Waals surface area contributed by atoms with E-state index in [1.807, 2.05) is 30.3 Å². The standard InChI is InChI=1S/C19H20ClN3S2/c1-14-13-23(18(24)21-12-11-15-5-3-2-4-6-15)19(25-14)22-17-9-7-16(20)8-10-17/h2-10,14H,11-13H2,1H3,(H,21,24). The summed E-state index contributed by atoms with van der Waals surface area (Å²) in [7, 11) is 0. The molecule has 0 amide bonds. The second kappa shape index (κ2) is 8.70. The predicted octanol–water partition coefficient (Wildman–Crippen LogP) is 4.88. The summed E-state index contributed by atoms with van der Waals surface area (Å²) in [6.07, 6.45) is 0.946. The molecule has 1 unspecified atom stereocenters.